The zero-order valence-electron chi connectivity index (χ0n) is 19.2. The SMILES string of the molecule is CC(c1cc(C(F)(F)F)ccc1F)N1CCC(Oc2cc(F)c(S(=O)(=O)Nc3cscn3)cc2Cl)CC1. The summed E-state index contributed by atoms with van der Waals surface area (Å²) in [6.45, 7) is 2.39. The largest absolute Gasteiger partial charge is 0.489 e. The lowest BCUT2D eigenvalue weighted by Crippen LogP contribution is -2.40. The third kappa shape index (κ3) is 6.33. The van der Waals surface area contributed by atoms with Crippen LogP contribution in [0.2, 0.25) is 5.02 Å². The number of alkyl halides is 3. The average Bonchev–Trinajstić information content (AvgIpc) is 3.33. The first-order chi connectivity index (χ1) is 17.3. The normalized spacial score (nSPS) is 16.5. The van der Waals surface area contributed by atoms with E-state index < -0.39 is 50.4 Å². The first kappa shape index (κ1) is 27.6. The highest BCUT2D eigenvalue weighted by Gasteiger charge is 2.33. The van der Waals surface area contributed by atoms with Crippen LogP contribution in [0, 0.1) is 11.6 Å². The molecule has 200 valence electrons. The van der Waals surface area contributed by atoms with Gasteiger partial charge in [-0.3, -0.25) is 9.62 Å². The molecule has 0 saturated carbocycles. The van der Waals surface area contributed by atoms with E-state index in [0.29, 0.717) is 32.0 Å². The minimum atomic E-state index is -4.58. The molecule has 1 atom stereocenters. The van der Waals surface area contributed by atoms with Crippen molar-refractivity contribution in [2.24, 2.45) is 0 Å². The van der Waals surface area contributed by atoms with Gasteiger partial charge in [0.05, 0.1) is 16.1 Å². The van der Waals surface area contributed by atoms with Crippen molar-refractivity contribution in [2.75, 3.05) is 17.8 Å². The first-order valence-electron chi connectivity index (χ1n) is 11.0. The number of likely N-dealkylation sites (tertiary alicyclic amines) is 1. The maximum absolute atomic E-state index is 14.7. The van der Waals surface area contributed by atoms with Crippen molar-refractivity contribution in [1.82, 2.24) is 9.88 Å². The number of hydrogen-bond donors (Lipinski definition) is 1. The van der Waals surface area contributed by atoms with E-state index in [-0.39, 0.29) is 22.2 Å². The van der Waals surface area contributed by atoms with Crippen LogP contribution in [0.15, 0.2) is 46.1 Å². The predicted molar refractivity (Wildman–Crippen MR) is 129 cm³/mol. The van der Waals surface area contributed by atoms with Crippen LogP contribution in [0.25, 0.3) is 0 Å². The molecule has 6 nitrogen and oxygen atoms in total. The Morgan fingerprint density at radius 1 is 1.16 bits per heavy atom. The van der Waals surface area contributed by atoms with Gasteiger partial charge < -0.3 is 4.74 Å². The molecule has 0 amide bonds. The highest BCUT2D eigenvalue weighted by molar-refractivity contribution is 7.92. The molecule has 0 spiro atoms. The molecular weight excluding hydrogens is 561 g/mol. The van der Waals surface area contributed by atoms with Gasteiger partial charge in [-0.05, 0) is 44.0 Å². The average molecular weight is 582 g/mol. The van der Waals surface area contributed by atoms with Gasteiger partial charge in [-0.2, -0.15) is 13.2 Å². The quantitative estimate of drug-likeness (QED) is 0.323. The van der Waals surface area contributed by atoms with Crippen LogP contribution in [0.3, 0.4) is 0 Å². The third-order valence-corrected chi connectivity index (χ3v) is 8.29. The summed E-state index contributed by atoms with van der Waals surface area (Å²) in [5, 5.41) is 1.34. The molecule has 1 aromatic heterocycles. The monoisotopic (exact) mass is 581 g/mol. The number of thiazole rings is 1. The van der Waals surface area contributed by atoms with Crippen molar-refractivity contribution in [3.8, 4) is 5.75 Å². The van der Waals surface area contributed by atoms with Crippen LogP contribution < -0.4 is 9.46 Å². The van der Waals surface area contributed by atoms with Crippen molar-refractivity contribution in [3.05, 3.63) is 69.0 Å². The minimum Gasteiger partial charge on any atom is -0.489 e. The van der Waals surface area contributed by atoms with E-state index in [1.807, 2.05) is 4.90 Å². The van der Waals surface area contributed by atoms with Crippen molar-refractivity contribution < 1.29 is 35.1 Å². The molecule has 3 aromatic rings. The molecule has 14 heteroatoms. The standard InChI is InChI=1S/C23H21ClF5N3O3S2/c1-13(16-8-14(23(27,28)29)2-3-18(16)25)32-6-4-15(5-7-32)35-20-10-19(26)21(9-17(20)24)37(33,34)31-22-11-36-12-30-22/h2-3,8-13,15,31H,4-7H2,1H3. The molecule has 1 N–H and O–H groups in total. The Labute approximate surface area is 219 Å². The van der Waals surface area contributed by atoms with E-state index in [2.05, 4.69) is 9.71 Å². The highest BCUT2D eigenvalue weighted by atomic mass is 35.5. The molecule has 2 heterocycles. The maximum Gasteiger partial charge on any atom is 0.416 e. The second-order valence-electron chi connectivity index (χ2n) is 8.46. The van der Waals surface area contributed by atoms with E-state index in [9.17, 15) is 30.4 Å². The Balaban J connectivity index is 1.41. The summed E-state index contributed by atoms with van der Waals surface area (Å²) in [4.78, 5) is 4.98. The van der Waals surface area contributed by atoms with Gasteiger partial charge in [0.25, 0.3) is 10.0 Å². The van der Waals surface area contributed by atoms with Gasteiger partial charge in [-0.15, -0.1) is 11.3 Å². The number of anilines is 1. The van der Waals surface area contributed by atoms with Crippen LogP contribution in [-0.4, -0.2) is 37.5 Å². The molecule has 1 aliphatic heterocycles. The summed E-state index contributed by atoms with van der Waals surface area (Å²) >= 11 is 7.36. The highest BCUT2D eigenvalue weighted by Crippen LogP contribution is 2.36. The Morgan fingerprint density at radius 2 is 1.86 bits per heavy atom. The maximum atomic E-state index is 14.7. The van der Waals surface area contributed by atoms with Gasteiger partial charge in [0, 0.05) is 36.1 Å². The Kier molecular flexibility index (Phi) is 7.98. The van der Waals surface area contributed by atoms with Crippen LogP contribution in [0.4, 0.5) is 27.8 Å². The number of rotatable bonds is 7. The number of piperidine rings is 1. The zero-order chi connectivity index (χ0) is 27.0. The third-order valence-electron chi connectivity index (χ3n) is 6.04. The van der Waals surface area contributed by atoms with Gasteiger partial charge in [-0.25, -0.2) is 22.2 Å². The number of benzene rings is 2. The summed E-state index contributed by atoms with van der Waals surface area (Å²) < 4.78 is 101. The topological polar surface area (TPSA) is 71.5 Å². The van der Waals surface area contributed by atoms with Crippen LogP contribution in [0.1, 0.15) is 36.9 Å². The summed E-state index contributed by atoms with van der Waals surface area (Å²) in [5.41, 5.74) is 0.445. The summed E-state index contributed by atoms with van der Waals surface area (Å²) in [7, 11) is -4.27. The van der Waals surface area contributed by atoms with Crippen molar-refractivity contribution in [3.63, 3.8) is 0 Å². The lowest BCUT2D eigenvalue weighted by molar-refractivity contribution is -0.137. The summed E-state index contributed by atoms with van der Waals surface area (Å²) in [6.07, 6.45) is -4.17. The fraction of sp³-hybridized carbons (Fsp3) is 0.348. The molecule has 2 aromatic carbocycles. The lowest BCUT2D eigenvalue weighted by Gasteiger charge is -2.36. The van der Waals surface area contributed by atoms with E-state index in [1.54, 1.807) is 6.92 Å². The van der Waals surface area contributed by atoms with Gasteiger partial charge >= 0.3 is 6.18 Å². The van der Waals surface area contributed by atoms with Gasteiger partial charge in [0.1, 0.15) is 28.4 Å². The number of sulfonamides is 1. The van der Waals surface area contributed by atoms with Crippen LogP contribution >= 0.6 is 22.9 Å². The van der Waals surface area contributed by atoms with Gasteiger partial charge in [-0.1, -0.05) is 11.6 Å². The molecule has 37 heavy (non-hydrogen) atoms. The summed E-state index contributed by atoms with van der Waals surface area (Å²) in [5.74, 6) is -1.78. The second-order valence-corrected chi connectivity index (χ2v) is 11.2. The summed E-state index contributed by atoms with van der Waals surface area (Å²) in [6, 6.07) is 3.58. The van der Waals surface area contributed by atoms with E-state index in [4.69, 9.17) is 16.3 Å². The fourth-order valence-electron chi connectivity index (χ4n) is 4.06. The number of aromatic nitrogens is 1. The predicted octanol–water partition coefficient (Wildman–Crippen LogP) is 6.50. The fourth-order valence-corrected chi connectivity index (χ4v) is 5.98. The van der Waals surface area contributed by atoms with E-state index >= 15 is 0 Å². The van der Waals surface area contributed by atoms with E-state index in [1.165, 1.54) is 10.9 Å². The molecular formula is C23H21ClF5N3O3S2. The smallest absolute Gasteiger partial charge is 0.416 e. The van der Waals surface area contributed by atoms with Crippen molar-refractivity contribution in [2.45, 2.75) is 43.0 Å². The van der Waals surface area contributed by atoms with Crippen LogP contribution in [-0.2, 0) is 16.2 Å². The molecule has 0 aliphatic carbocycles. The number of halogens is 6. The lowest BCUT2D eigenvalue weighted by atomic mass is 9.99. The molecule has 1 fully saturated rings. The molecule has 1 saturated heterocycles. The molecule has 0 bridgehead atoms. The van der Waals surface area contributed by atoms with Crippen molar-refractivity contribution >= 4 is 38.8 Å². The molecule has 1 unspecified atom stereocenters. The number of nitrogens with zero attached hydrogens (tertiary/aromatic N) is 2. The van der Waals surface area contributed by atoms with Crippen molar-refractivity contribution in [1.29, 1.82) is 0 Å². The van der Waals surface area contributed by atoms with E-state index in [0.717, 1.165) is 35.6 Å². The molecule has 4 rings (SSSR count). The Bertz CT molecular complexity index is 1360. The Morgan fingerprint density at radius 3 is 2.49 bits per heavy atom. The molecule has 0 radical (unpaired) electrons. The first-order valence-corrected chi connectivity index (χ1v) is 13.8. The molecule has 1 aliphatic rings. The zero-order valence-corrected chi connectivity index (χ0v) is 21.6. The number of hydrogen-bond acceptors (Lipinski definition) is 6. The van der Waals surface area contributed by atoms with Gasteiger partial charge in [0.15, 0.2) is 5.82 Å². The second kappa shape index (κ2) is 10.7. The van der Waals surface area contributed by atoms with Gasteiger partial charge in [0.2, 0.25) is 0 Å². The van der Waals surface area contributed by atoms with Crippen LogP contribution in [0.5, 0.6) is 5.75 Å². The minimum absolute atomic E-state index is 0.0396. The number of ether oxygens (including phenoxy) is 1. The Hall–Kier alpha value is -2.48. The number of nitrogens with one attached hydrogen (secondary N) is 1.